The van der Waals surface area contributed by atoms with Crippen molar-refractivity contribution < 1.29 is 8.85 Å². The van der Waals surface area contributed by atoms with Gasteiger partial charge < -0.3 is 8.85 Å². The Morgan fingerprint density at radius 2 is 0.469 bits per heavy atom. The number of hydrogen-bond acceptors (Lipinski definition) is 2. The molecule has 0 N–H and O–H groups in total. The topological polar surface area (TPSA) is 18.5 Å². The summed E-state index contributed by atoms with van der Waals surface area (Å²) in [5.41, 5.74) is 14.1. The summed E-state index contributed by atoms with van der Waals surface area (Å²) < 4.78 is 13.2. The first-order valence-corrected chi connectivity index (χ1v) is 28.5. The van der Waals surface area contributed by atoms with Gasteiger partial charge in [0, 0.05) is 0 Å². The van der Waals surface area contributed by atoms with Crippen molar-refractivity contribution in [2.24, 2.45) is 0 Å². The molecule has 328 valence electrons. The fourth-order valence-electron chi connectivity index (χ4n) is 6.76. The van der Waals surface area contributed by atoms with Gasteiger partial charge in [0.15, 0.2) is 16.6 Å². The minimum atomic E-state index is -1.87. The van der Waals surface area contributed by atoms with Gasteiger partial charge in [0.1, 0.15) is 0 Å². The van der Waals surface area contributed by atoms with Crippen molar-refractivity contribution >= 4 is 77.4 Å². The van der Waals surface area contributed by atoms with Crippen LogP contribution in [0.4, 0.5) is 0 Å². The number of rotatable bonds is 16. The molecule has 0 saturated heterocycles. The molecular formula is C60H68O2Si2. The van der Waals surface area contributed by atoms with Crippen LogP contribution in [0.2, 0.25) is 36.3 Å². The summed E-state index contributed by atoms with van der Waals surface area (Å²) in [6.07, 6.45) is 22.3. The normalized spacial score (nSPS) is 13.1. The smallest absolute Gasteiger partial charge is 0.192 e. The largest absolute Gasteiger partial charge is 0.413 e. The summed E-state index contributed by atoms with van der Waals surface area (Å²) in [4.78, 5) is 0. The Labute approximate surface area is 387 Å². The lowest BCUT2D eigenvalue weighted by Gasteiger charge is -2.36. The van der Waals surface area contributed by atoms with Gasteiger partial charge >= 0.3 is 0 Å². The highest BCUT2D eigenvalue weighted by Gasteiger charge is 2.38. The summed E-state index contributed by atoms with van der Waals surface area (Å²) in [6, 6.07) is 51.5. The molecule has 0 aliphatic rings. The highest BCUT2D eigenvalue weighted by atomic mass is 28.4. The first-order valence-electron chi connectivity index (χ1n) is 22.7. The SMILES string of the molecule is CC(C)(C)[Si](C)(C)OCc1ccccc1/C=C\c1ccccc1/C=C\c1ccccc1/C=C\c1ccccc1/C=C\c1ccccc1/C=C\c1ccccc1CO[Si](C)(C)C(C)(C)C. The molecule has 0 radical (unpaired) electrons. The van der Waals surface area contributed by atoms with Gasteiger partial charge in [-0.25, -0.2) is 0 Å². The van der Waals surface area contributed by atoms with Crippen LogP contribution in [0.25, 0.3) is 60.8 Å². The lowest BCUT2D eigenvalue weighted by molar-refractivity contribution is 0.276. The summed E-state index contributed by atoms with van der Waals surface area (Å²) >= 11 is 0. The molecule has 0 atom stereocenters. The van der Waals surface area contributed by atoms with Gasteiger partial charge in [-0.1, -0.05) is 248 Å². The molecule has 0 aliphatic heterocycles. The molecule has 0 unspecified atom stereocenters. The molecule has 2 nitrogen and oxygen atoms in total. The Balaban J connectivity index is 1.17. The van der Waals surface area contributed by atoms with E-state index < -0.39 is 16.6 Å². The monoisotopic (exact) mass is 876 g/mol. The molecule has 0 heterocycles. The Kier molecular flexibility index (Phi) is 16.0. The lowest BCUT2D eigenvalue weighted by atomic mass is 9.99. The van der Waals surface area contributed by atoms with E-state index in [0.717, 1.165) is 33.4 Å². The van der Waals surface area contributed by atoms with Crippen LogP contribution in [0.3, 0.4) is 0 Å². The fraction of sp³-hybridized carbons (Fsp3) is 0.233. The fourth-order valence-corrected chi connectivity index (χ4v) is 8.66. The zero-order valence-corrected chi connectivity index (χ0v) is 41.9. The van der Waals surface area contributed by atoms with Gasteiger partial charge in [0.05, 0.1) is 13.2 Å². The molecule has 6 aromatic rings. The summed E-state index contributed by atoms with van der Waals surface area (Å²) in [5, 5.41) is 0.337. The van der Waals surface area contributed by atoms with E-state index in [1.54, 1.807) is 0 Å². The highest BCUT2D eigenvalue weighted by molar-refractivity contribution is 6.74. The lowest BCUT2D eigenvalue weighted by Crippen LogP contribution is -2.40. The second-order valence-electron chi connectivity index (χ2n) is 19.7. The Hall–Kier alpha value is -5.63. The first kappa shape index (κ1) is 47.8. The zero-order valence-electron chi connectivity index (χ0n) is 39.9. The minimum absolute atomic E-state index is 0.168. The maximum Gasteiger partial charge on any atom is 0.192 e. The molecule has 0 aliphatic carbocycles. The van der Waals surface area contributed by atoms with Crippen LogP contribution in [0.1, 0.15) is 108 Å². The highest BCUT2D eigenvalue weighted by Crippen LogP contribution is 2.38. The van der Waals surface area contributed by atoms with Crippen molar-refractivity contribution in [1.82, 2.24) is 0 Å². The van der Waals surface area contributed by atoms with E-state index in [1.807, 2.05) is 0 Å². The Morgan fingerprint density at radius 3 is 0.672 bits per heavy atom. The van der Waals surface area contributed by atoms with E-state index in [4.69, 9.17) is 8.85 Å². The van der Waals surface area contributed by atoms with E-state index in [1.165, 1.54) is 33.4 Å². The molecule has 0 saturated carbocycles. The molecule has 0 amide bonds. The molecule has 4 heteroatoms. The molecule has 64 heavy (non-hydrogen) atoms. The van der Waals surface area contributed by atoms with Crippen LogP contribution in [-0.4, -0.2) is 16.6 Å². The average molecular weight is 877 g/mol. The third-order valence-electron chi connectivity index (χ3n) is 13.1. The predicted octanol–water partition coefficient (Wildman–Crippen LogP) is 17.6. The Bertz CT molecular complexity index is 2460. The standard InChI is InChI=1S/C60H68O2Si2/c1-59(2,3)63(7,8)61-45-57-33-21-19-31-55(57)43-41-53-29-17-15-27-51(53)39-37-49-25-13-11-23-47(49)35-36-48-24-12-14-26-50(48)38-40-52-28-16-18-30-54(52)42-44-56-32-20-22-34-58(56)46-62-64(9,10)60(4,5)6/h11-44H,45-46H2,1-10H3/b36-35-,39-37-,40-38-,43-41-,44-42-. The third kappa shape index (κ3) is 13.0. The van der Waals surface area contributed by atoms with Crippen LogP contribution < -0.4 is 0 Å². The third-order valence-corrected chi connectivity index (χ3v) is 22.1. The van der Waals surface area contributed by atoms with E-state index in [9.17, 15) is 0 Å². The van der Waals surface area contributed by atoms with Crippen molar-refractivity contribution in [2.45, 2.75) is 91.0 Å². The molecule has 0 aromatic heterocycles. The van der Waals surface area contributed by atoms with Crippen molar-refractivity contribution in [1.29, 1.82) is 0 Å². The quantitative estimate of drug-likeness (QED) is 0.0712. The van der Waals surface area contributed by atoms with Crippen LogP contribution in [0.5, 0.6) is 0 Å². The maximum atomic E-state index is 6.61. The van der Waals surface area contributed by atoms with E-state index >= 15 is 0 Å². The zero-order chi connectivity index (χ0) is 45.8. The minimum Gasteiger partial charge on any atom is -0.413 e. The average Bonchev–Trinajstić information content (AvgIpc) is 3.27. The first-order chi connectivity index (χ1) is 30.5. The van der Waals surface area contributed by atoms with Gasteiger partial charge in [-0.3, -0.25) is 0 Å². The molecule has 0 fully saturated rings. The second kappa shape index (κ2) is 21.4. The van der Waals surface area contributed by atoms with E-state index in [-0.39, 0.29) is 10.1 Å². The number of benzene rings is 6. The van der Waals surface area contributed by atoms with Crippen molar-refractivity contribution in [3.8, 4) is 0 Å². The van der Waals surface area contributed by atoms with Crippen molar-refractivity contribution in [3.63, 3.8) is 0 Å². The predicted molar refractivity (Wildman–Crippen MR) is 287 cm³/mol. The van der Waals surface area contributed by atoms with Gasteiger partial charge in [-0.2, -0.15) is 0 Å². The van der Waals surface area contributed by atoms with Crippen LogP contribution >= 0.6 is 0 Å². The van der Waals surface area contributed by atoms with Crippen LogP contribution in [0.15, 0.2) is 146 Å². The summed E-state index contributed by atoms with van der Waals surface area (Å²) in [5.74, 6) is 0. The van der Waals surface area contributed by atoms with Gasteiger partial charge in [-0.15, -0.1) is 0 Å². The summed E-state index contributed by atoms with van der Waals surface area (Å²) in [7, 11) is -3.74. The second-order valence-corrected chi connectivity index (χ2v) is 29.3. The molecule has 0 spiro atoms. The van der Waals surface area contributed by atoms with Crippen molar-refractivity contribution in [3.05, 3.63) is 212 Å². The number of hydrogen-bond donors (Lipinski definition) is 0. The molecule has 0 bridgehead atoms. The van der Waals surface area contributed by atoms with Crippen LogP contribution in [0, 0.1) is 0 Å². The van der Waals surface area contributed by atoms with Gasteiger partial charge in [-0.05, 0) is 103 Å². The summed E-state index contributed by atoms with van der Waals surface area (Å²) in [6.45, 7) is 24.2. The van der Waals surface area contributed by atoms with E-state index in [0.29, 0.717) is 13.2 Å². The molecule has 6 aromatic carbocycles. The van der Waals surface area contributed by atoms with Gasteiger partial charge in [0.2, 0.25) is 0 Å². The Morgan fingerprint density at radius 1 is 0.297 bits per heavy atom. The van der Waals surface area contributed by atoms with E-state index in [2.05, 4.69) is 274 Å². The van der Waals surface area contributed by atoms with Gasteiger partial charge in [0.25, 0.3) is 0 Å². The molecule has 6 rings (SSSR count). The van der Waals surface area contributed by atoms with Crippen LogP contribution in [-0.2, 0) is 22.1 Å². The maximum absolute atomic E-state index is 6.61. The molecular weight excluding hydrogens is 809 g/mol. The van der Waals surface area contributed by atoms with Crippen molar-refractivity contribution in [2.75, 3.05) is 0 Å².